The monoisotopic (exact) mass is 281 g/mol. The van der Waals surface area contributed by atoms with Crippen molar-refractivity contribution in [2.75, 3.05) is 0 Å². The highest BCUT2D eigenvalue weighted by Gasteiger charge is 2.23. The van der Waals surface area contributed by atoms with Crippen molar-refractivity contribution in [2.45, 2.75) is 32.1 Å². The summed E-state index contributed by atoms with van der Waals surface area (Å²) >= 11 is 0. The molecule has 106 valence electrons. The highest BCUT2D eigenvalue weighted by molar-refractivity contribution is 5.79. The topological polar surface area (TPSA) is 41.6 Å². The Morgan fingerprint density at radius 3 is 2.81 bits per heavy atom. The van der Waals surface area contributed by atoms with E-state index < -0.39 is 0 Å². The van der Waals surface area contributed by atoms with E-state index in [1.54, 1.807) is 0 Å². The normalized spacial score (nSPS) is 15.3. The second-order valence-electron chi connectivity index (χ2n) is 5.78. The van der Waals surface area contributed by atoms with Crippen LogP contribution in [0.25, 0.3) is 22.3 Å². The van der Waals surface area contributed by atoms with E-state index in [0.717, 1.165) is 22.2 Å². The summed E-state index contributed by atoms with van der Waals surface area (Å²) in [7, 11) is 0. The third kappa shape index (κ3) is 1.94. The lowest BCUT2D eigenvalue weighted by Gasteiger charge is -2.27. The van der Waals surface area contributed by atoms with Crippen LogP contribution in [0.5, 0.6) is 0 Å². The number of aromatic nitrogens is 3. The van der Waals surface area contributed by atoms with Gasteiger partial charge in [0.25, 0.3) is 0 Å². The summed E-state index contributed by atoms with van der Waals surface area (Å²) < 4.78 is 14.7. The van der Waals surface area contributed by atoms with Crippen molar-refractivity contribution >= 4 is 11.0 Å². The fourth-order valence-corrected chi connectivity index (χ4v) is 3.05. The lowest BCUT2D eigenvalue weighted by molar-refractivity contribution is 0.416. The fourth-order valence-electron chi connectivity index (χ4n) is 3.05. The van der Waals surface area contributed by atoms with Gasteiger partial charge in [-0.15, -0.1) is 10.2 Å². The predicted octanol–water partition coefficient (Wildman–Crippen LogP) is 4.34. The largest absolute Gasteiger partial charge is 0.345 e. The molecule has 4 rings (SSSR count). The van der Waals surface area contributed by atoms with Gasteiger partial charge >= 0.3 is 0 Å². The van der Waals surface area contributed by atoms with Crippen molar-refractivity contribution in [1.29, 1.82) is 0 Å². The Labute approximate surface area is 122 Å². The van der Waals surface area contributed by atoms with Gasteiger partial charge < -0.3 is 4.98 Å². The van der Waals surface area contributed by atoms with Gasteiger partial charge in [-0.25, -0.2) is 4.39 Å². The molecule has 3 aromatic rings. The van der Waals surface area contributed by atoms with Gasteiger partial charge in [0.15, 0.2) is 5.65 Å². The van der Waals surface area contributed by atoms with Crippen molar-refractivity contribution in [1.82, 2.24) is 15.2 Å². The molecule has 0 spiro atoms. The van der Waals surface area contributed by atoms with E-state index in [1.165, 1.54) is 19.3 Å². The van der Waals surface area contributed by atoms with E-state index in [2.05, 4.69) is 21.2 Å². The van der Waals surface area contributed by atoms with E-state index in [0.29, 0.717) is 17.2 Å². The van der Waals surface area contributed by atoms with Gasteiger partial charge in [0.1, 0.15) is 5.82 Å². The third-order valence-corrected chi connectivity index (χ3v) is 4.56. The lowest BCUT2D eigenvalue weighted by Crippen LogP contribution is -2.11. The minimum Gasteiger partial charge on any atom is -0.345 e. The quantitative estimate of drug-likeness (QED) is 0.759. The number of hydrogen-bond donors (Lipinski definition) is 1. The molecule has 0 aliphatic heterocycles. The molecule has 0 unspecified atom stereocenters. The van der Waals surface area contributed by atoms with Crippen LogP contribution in [0.1, 0.15) is 36.3 Å². The Morgan fingerprint density at radius 2 is 2.05 bits per heavy atom. The van der Waals surface area contributed by atoms with Crippen LogP contribution in [-0.2, 0) is 0 Å². The van der Waals surface area contributed by atoms with Gasteiger partial charge in [0.05, 0.1) is 5.69 Å². The van der Waals surface area contributed by atoms with Gasteiger partial charge in [-0.05, 0) is 55.0 Å². The summed E-state index contributed by atoms with van der Waals surface area (Å²) in [6.07, 6.45) is 5.41. The standard InChI is InChI=1S/C17H16FN3/c1-10-13(11-3-2-4-11)5-6-14(16(10)18)15-9-12-7-8-19-17(12)21-20-15/h5-9,11H,2-4H2,1H3,(H,19,21). The van der Waals surface area contributed by atoms with E-state index in [9.17, 15) is 4.39 Å². The summed E-state index contributed by atoms with van der Waals surface area (Å²) in [5.41, 5.74) is 3.75. The predicted molar refractivity (Wildman–Crippen MR) is 80.6 cm³/mol. The SMILES string of the molecule is Cc1c(C2CCC2)ccc(-c2cc3cc[nH]c3nn2)c1F. The molecule has 0 amide bonds. The Hall–Kier alpha value is -2.23. The van der Waals surface area contributed by atoms with Crippen LogP contribution < -0.4 is 0 Å². The summed E-state index contributed by atoms with van der Waals surface area (Å²) in [6, 6.07) is 7.69. The summed E-state index contributed by atoms with van der Waals surface area (Å²) in [5.74, 6) is 0.371. The van der Waals surface area contributed by atoms with Crippen molar-refractivity contribution in [3.8, 4) is 11.3 Å². The Balaban J connectivity index is 1.82. The molecule has 0 atom stereocenters. The zero-order chi connectivity index (χ0) is 14.4. The van der Waals surface area contributed by atoms with Gasteiger partial charge in [-0.1, -0.05) is 12.5 Å². The van der Waals surface area contributed by atoms with Crippen molar-refractivity contribution in [2.24, 2.45) is 0 Å². The van der Waals surface area contributed by atoms with Gasteiger partial charge in [0, 0.05) is 17.1 Å². The molecule has 1 aliphatic carbocycles. The second-order valence-corrected chi connectivity index (χ2v) is 5.78. The lowest BCUT2D eigenvalue weighted by atomic mass is 9.78. The van der Waals surface area contributed by atoms with E-state index in [1.807, 2.05) is 31.3 Å². The number of nitrogens with zero attached hydrogens (tertiary/aromatic N) is 2. The molecule has 21 heavy (non-hydrogen) atoms. The van der Waals surface area contributed by atoms with Crippen LogP contribution in [0.2, 0.25) is 0 Å². The van der Waals surface area contributed by atoms with Crippen molar-refractivity contribution < 1.29 is 4.39 Å². The molecule has 0 radical (unpaired) electrons. The van der Waals surface area contributed by atoms with Crippen LogP contribution in [0.3, 0.4) is 0 Å². The Morgan fingerprint density at radius 1 is 1.19 bits per heavy atom. The number of fused-ring (bicyclic) bond motifs is 1. The minimum absolute atomic E-state index is 0.163. The maximum absolute atomic E-state index is 14.7. The first-order chi connectivity index (χ1) is 10.2. The average molecular weight is 281 g/mol. The molecular formula is C17H16FN3. The van der Waals surface area contributed by atoms with E-state index >= 15 is 0 Å². The number of rotatable bonds is 2. The molecule has 1 N–H and O–H groups in total. The van der Waals surface area contributed by atoms with Crippen LogP contribution in [0, 0.1) is 12.7 Å². The first kappa shape index (κ1) is 12.5. The molecule has 2 aromatic heterocycles. The molecule has 4 heteroatoms. The highest BCUT2D eigenvalue weighted by atomic mass is 19.1. The van der Waals surface area contributed by atoms with Gasteiger partial charge in [-0.2, -0.15) is 0 Å². The number of halogens is 1. The minimum atomic E-state index is -0.163. The van der Waals surface area contributed by atoms with Crippen LogP contribution in [-0.4, -0.2) is 15.2 Å². The fraction of sp³-hybridized carbons (Fsp3) is 0.294. The summed E-state index contributed by atoms with van der Waals surface area (Å²) in [6.45, 7) is 1.87. The molecular weight excluding hydrogens is 265 g/mol. The zero-order valence-electron chi connectivity index (χ0n) is 11.9. The zero-order valence-corrected chi connectivity index (χ0v) is 11.9. The van der Waals surface area contributed by atoms with Gasteiger partial charge in [0.2, 0.25) is 0 Å². The summed E-state index contributed by atoms with van der Waals surface area (Å²) in [5, 5.41) is 9.18. The molecule has 1 aromatic carbocycles. The molecule has 0 saturated heterocycles. The average Bonchev–Trinajstić information content (AvgIpc) is 2.89. The highest BCUT2D eigenvalue weighted by Crippen LogP contribution is 2.39. The van der Waals surface area contributed by atoms with Crippen molar-refractivity contribution in [3.05, 3.63) is 47.4 Å². The van der Waals surface area contributed by atoms with Crippen LogP contribution in [0.4, 0.5) is 4.39 Å². The number of benzene rings is 1. The first-order valence-electron chi connectivity index (χ1n) is 7.34. The van der Waals surface area contributed by atoms with E-state index in [-0.39, 0.29) is 5.82 Å². The molecule has 2 heterocycles. The number of hydrogen-bond acceptors (Lipinski definition) is 2. The van der Waals surface area contributed by atoms with E-state index in [4.69, 9.17) is 0 Å². The smallest absolute Gasteiger partial charge is 0.159 e. The maximum Gasteiger partial charge on any atom is 0.159 e. The molecule has 1 saturated carbocycles. The maximum atomic E-state index is 14.7. The molecule has 1 aliphatic rings. The van der Waals surface area contributed by atoms with Gasteiger partial charge in [-0.3, -0.25) is 0 Å². The molecule has 3 nitrogen and oxygen atoms in total. The van der Waals surface area contributed by atoms with Crippen LogP contribution >= 0.6 is 0 Å². The first-order valence-corrected chi connectivity index (χ1v) is 7.34. The van der Waals surface area contributed by atoms with Crippen LogP contribution in [0.15, 0.2) is 30.5 Å². The number of aromatic amines is 1. The van der Waals surface area contributed by atoms with Crippen molar-refractivity contribution in [3.63, 3.8) is 0 Å². The Kier molecular flexibility index (Phi) is 2.77. The summed E-state index contributed by atoms with van der Waals surface area (Å²) in [4.78, 5) is 3.00. The number of nitrogens with one attached hydrogen (secondary N) is 1. The second kappa shape index (κ2) is 4.65. The Bertz CT molecular complexity index is 818. The number of H-pyrrole nitrogens is 1. The molecule has 0 bridgehead atoms. The third-order valence-electron chi connectivity index (χ3n) is 4.56. The molecule has 1 fully saturated rings.